The molecular weight excluding hydrogens is 266 g/mol. The highest BCUT2D eigenvalue weighted by molar-refractivity contribution is 7.81. The van der Waals surface area contributed by atoms with Gasteiger partial charge in [-0.05, 0) is 30.5 Å². The molecule has 0 heterocycles. The van der Waals surface area contributed by atoms with Gasteiger partial charge in [-0.1, -0.05) is 37.6 Å². The van der Waals surface area contributed by atoms with Gasteiger partial charge in [-0.15, -0.1) is 0 Å². The lowest BCUT2D eigenvalue weighted by molar-refractivity contribution is -0.131. The molecule has 0 saturated carbocycles. The Hall–Kier alpha value is -0.670. The molecule has 1 aromatic rings. The van der Waals surface area contributed by atoms with Crippen molar-refractivity contribution < 1.29 is 4.79 Å². The van der Waals surface area contributed by atoms with Crippen molar-refractivity contribution in [3.8, 4) is 0 Å². The van der Waals surface area contributed by atoms with Gasteiger partial charge >= 0.3 is 0 Å². The Morgan fingerprint density at radius 1 is 1.22 bits per heavy atom. The Morgan fingerprint density at radius 3 is 2.17 bits per heavy atom. The van der Waals surface area contributed by atoms with Gasteiger partial charge in [0.05, 0.1) is 11.3 Å². The van der Waals surface area contributed by atoms with E-state index in [4.69, 9.17) is 11.6 Å². The van der Waals surface area contributed by atoms with E-state index in [0.29, 0.717) is 5.02 Å². The minimum Gasteiger partial charge on any atom is -0.338 e. The van der Waals surface area contributed by atoms with Gasteiger partial charge in [0.1, 0.15) is 0 Å². The van der Waals surface area contributed by atoms with Gasteiger partial charge in [-0.3, -0.25) is 4.79 Å². The average Bonchev–Trinajstić information content (AvgIpc) is 2.36. The molecule has 0 aliphatic rings. The maximum absolute atomic E-state index is 12.2. The third-order valence-electron chi connectivity index (χ3n) is 3.17. The van der Waals surface area contributed by atoms with Crippen LogP contribution >= 0.6 is 24.2 Å². The van der Waals surface area contributed by atoms with E-state index in [1.54, 1.807) is 4.90 Å². The molecule has 18 heavy (non-hydrogen) atoms. The third kappa shape index (κ3) is 3.66. The van der Waals surface area contributed by atoms with Gasteiger partial charge in [-0.25, -0.2) is 0 Å². The van der Waals surface area contributed by atoms with Gasteiger partial charge < -0.3 is 4.90 Å². The largest absolute Gasteiger partial charge is 0.338 e. The summed E-state index contributed by atoms with van der Waals surface area (Å²) in [5, 5.41) is 0.443. The first-order valence-electron chi connectivity index (χ1n) is 6.04. The quantitative estimate of drug-likeness (QED) is 0.834. The van der Waals surface area contributed by atoms with E-state index in [1.807, 2.05) is 52.1 Å². The van der Waals surface area contributed by atoms with Crippen molar-refractivity contribution in [2.45, 2.75) is 32.1 Å². The number of hydrogen-bond donors (Lipinski definition) is 1. The van der Waals surface area contributed by atoms with E-state index in [9.17, 15) is 4.79 Å². The summed E-state index contributed by atoms with van der Waals surface area (Å²) in [4.78, 5) is 13.9. The average molecular weight is 286 g/mol. The van der Waals surface area contributed by atoms with E-state index >= 15 is 0 Å². The summed E-state index contributed by atoms with van der Waals surface area (Å²) in [6.45, 7) is 5.99. The van der Waals surface area contributed by atoms with Crippen molar-refractivity contribution in [3.63, 3.8) is 0 Å². The number of benzene rings is 1. The molecule has 2 nitrogen and oxygen atoms in total. The van der Waals surface area contributed by atoms with Gasteiger partial charge in [-0.2, -0.15) is 12.6 Å². The lowest BCUT2D eigenvalue weighted by Crippen LogP contribution is -2.37. The lowest BCUT2D eigenvalue weighted by Gasteiger charge is -2.29. The van der Waals surface area contributed by atoms with E-state index in [2.05, 4.69) is 12.6 Å². The SMILES string of the molecule is CC(C)C(S)C(=O)N(C)C(C)c1ccc(Cl)cc1. The Kier molecular flexibility index (Phi) is 5.54. The summed E-state index contributed by atoms with van der Waals surface area (Å²) in [5.74, 6) is 0.275. The zero-order chi connectivity index (χ0) is 13.9. The molecule has 0 N–H and O–H groups in total. The Labute approximate surface area is 120 Å². The predicted molar refractivity (Wildman–Crippen MR) is 80.2 cm³/mol. The van der Waals surface area contributed by atoms with Crippen molar-refractivity contribution in [3.05, 3.63) is 34.9 Å². The fourth-order valence-electron chi connectivity index (χ4n) is 1.65. The summed E-state index contributed by atoms with van der Waals surface area (Å²) >= 11 is 10.2. The number of carbonyl (C=O) groups excluding carboxylic acids is 1. The molecule has 100 valence electrons. The highest BCUT2D eigenvalue weighted by Crippen LogP contribution is 2.23. The molecule has 1 rings (SSSR count). The fourth-order valence-corrected chi connectivity index (χ4v) is 1.96. The number of carbonyl (C=O) groups is 1. The first-order chi connectivity index (χ1) is 8.34. The molecular formula is C14H20ClNOS. The molecule has 2 atom stereocenters. The molecule has 0 aliphatic carbocycles. The minimum absolute atomic E-state index is 0.0168. The highest BCUT2D eigenvalue weighted by atomic mass is 35.5. The zero-order valence-electron chi connectivity index (χ0n) is 11.2. The minimum atomic E-state index is -0.259. The maximum Gasteiger partial charge on any atom is 0.235 e. The van der Waals surface area contributed by atoms with Crippen molar-refractivity contribution >= 4 is 30.1 Å². The molecule has 1 amide bonds. The monoisotopic (exact) mass is 285 g/mol. The molecule has 0 radical (unpaired) electrons. The summed E-state index contributed by atoms with van der Waals surface area (Å²) in [7, 11) is 1.81. The topological polar surface area (TPSA) is 20.3 Å². The molecule has 0 spiro atoms. The van der Waals surface area contributed by atoms with Crippen LogP contribution in [0, 0.1) is 5.92 Å². The van der Waals surface area contributed by atoms with E-state index in [0.717, 1.165) is 5.56 Å². The predicted octanol–water partition coefficient (Wildman–Crippen LogP) is 3.81. The summed E-state index contributed by atoms with van der Waals surface area (Å²) in [6.07, 6.45) is 0. The highest BCUT2D eigenvalue weighted by Gasteiger charge is 2.25. The van der Waals surface area contributed by atoms with Crippen molar-refractivity contribution in [2.75, 3.05) is 7.05 Å². The van der Waals surface area contributed by atoms with Crippen LogP contribution in [0.4, 0.5) is 0 Å². The molecule has 0 fully saturated rings. The molecule has 0 aliphatic heterocycles. The van der Waals surface area contributed by atoms with Gasteiger partial charge in [0.2, 0.25) is 5.91 Å². The van der Waals surface area contributed by atoms with E-state index < -0.39 is 0 Å². The van der Waals surface area contributed by atoms with Crippen molar-refractivity contribution in [2.24, 2.45) is 5.92 Å². The second-order valence-electron chi connectivity index (χ2n) is 4.87. The molecule has 1 aromatic carbocycles. The number of thiol groups is 1. The lowest BCUT2D eigenvalue weighted by atomic mass is 10.0. The second kappa shape index (κ2) is 6.48. The van der Waals surface area contributed by atoms with Crippen LogP contribution in [0.15, 0.2) is 24.3 Å². The van der Waals surface area contributed by atoms with Gasteiger partial charge in [0, 0.05) is 12.1 Å². The van der Waals surface area contributed by atoms with Gasteiger partial charge in [0.15, 0.2) is 0 Å². The summed E-state index contributed by atoms with van der Waals surface area (Å²) in [6, 6.07) is 7.58. The Balaban J connectivity index is 2.80. The summed E-state index contributed by atoms with van der Waals surface area (Å²) in [5.41, 5.74) is 1.07. The van der Waals surface area contributed by atoms with Crippen LogP contribution in [0.1, 0.15) is 32.4 Å². The van der Waals surface area contributed by atoms with Gasteiger partial charge in [0.25, 0.3) is 0 Å². The molecule has 4 heteroatoms. The van der Waals surface area contributed by atoms with Crippen LogP contribution in [0.2, 0.25) is 5.02 Å². The zero-order valence-corrected chi connectivity index (χ0v) is 12.9. The van der Waals surface area contributed by atoms with Crippen LogP contribution < -0.4 is 0 Å². The first kappa shape index (κ1) is 15.4. The first-order valence-corrected chi connectivity index (χ1v) is 6.94. The molecule has 0 aromatic heterocycles. The number of halogens is 1. The molecule has 0 bridgehead atoms. The van der Waals surface area contributed by atoms with Crippen LogP contribution in [0.5, 0.6) is 0 Å². The molecule has 2 unspecified atom stereocenters. The van der Waals surface area contributed by atoms with Crippen LogP contribution in [-0.2, 0) is 4.79 Å². The number of hydrogen-bond acceptors (Lipinski definition) is 2. The Bertz CT molecular complexity index is 405. The second-order valence-corrected chi connectivity index (χ2v) is 5.86. The van der Waals surface area contributed by atoms with Crippen LogP contribution in [-0.4, -0.2) is 23.1 Å². The van der Waals surface area contributed by atoms with E-state index in [-0.39, 0.29) is 23.1 Å². The van der Waals surface area contributed by atoms with Crippen molar-refractivity contribution in [1.82, 2.24) is 4.90 Å². The van der Waals surface area contributed by atoms with Crippen LogP contribution in [0.25, 0.3) is 0 Å². The number of nitrogens with zero attached hydrogens (tertiary/aromatic N) is 1. The smallest absolute Gasteiger partial charge is 0.235 e. The number of amides is 1. The van der Waals surface area contributed by atoms with Crippen LogP contribution in [0.3, 0.4) is 0 Å². The Morgan fingerprint density at radius 2 is 1.72 bits per heavy atom. The van der Waals surface area contributed by atoms with Crippen molar-refractivity contribution in [1.29, 1.82) is 0 Å². The fraction of sp³-hybridized carbons (Fsp3) is 0.500. The molecule has 0 saturated heterocycles. The van der Waals surface area contributed by atoms with E-state index in [1.165, 1.54) is 0 Å². The standard InChI is InChI=1S/C14H20ClNOS/c1-9(2)13(18)14(17)16(4)10(3)11-5-7-12(15)8-6-11/h5-10,13,18H,1-4H3. The number of rotatable bonds is 4. The summed E-state index contributed by atoms with van der Waals surface area (Å²) < 4.78 is 0. The normalized spacial score (nSPS) is 14.4. The maximum atomic E-state index is 12.2. The third-order valence-corrected chi connectivity index (χ3v) is 4.23.